The fraction of sp³-hybridized carbons (Fsp3) is 0.273. The average Bonchev–Trinajstić information content (AvgIpc) is 2.71. The second kappa shape index (κ2) is 8.35. The van der Waals surface area contributed by atoms with Crippen molar-refractivity contribution in [1.82, 2.24) is 9.97 Å². The van der Waals surface area contributed by atoms with Gasteiger partial charge in [0.2, 0.25) is 0 Å². The highest BCUT2D eigenvalue weighted by molar-refractivity contribution is 5.56. The molecule has 0 aliphatic heterocycles. The number of hydrogen-bond donors (Lipinski definition) is 1. The summed E-state index contributed by atoms with van der Waals surface area (Å²) in [7, 11) is 3.80. The number of nitrogens with zero attached hydrogens (tertiary/aromatic N) is 2. The van der Waals surface area contributed by atoms with Crippen LogP contribution in [0, 0.1) is 12.7 Å². The maximum atomic E-state index is 13.5. The summed E-state index contributed by atoms with van der Waals surface area (Å²) in [6.45, 7) is 4.42. The molecule has 2 aromatic carbocycles. The van der Waals surface area contributed by atoms with Crippen LogP contribution in [0.1, 0.15) is 29.8 Å². The van der Waals surface area contributed by atoms with Gasteiger partial charge in [0.15, 0.2) is 11.6 Å². The highest BCUT2D eigenvalue weighted by Crippen LogP contribution is 2.21. The standard InChI is InChI=1S/C22H24FN3O2/c1-14-20(23)22(27)25-21(24-14)18-9-5-7-16(11-18)13-26(3)15(2)17-8-6-10-19(12-17)28-4/h5-12,15H,13H2,1-4H3,(H,24,25,27)/t15-/m0/s1. The number of methoxy groups -OCH3 is 1. The van der Waals surface area contributed by atoms with Crippen LogP contribution in [-0.2, 0) is 6.54 Å². The fourth-order valence-corrected chi connectivity index (χ4v) is 3.15. The predicted octanol–water partition coefficient (Wildman–Crippen LogP) is 2.45. The van der Waals surface area contributed by atoms with Gasteiger partial charge in [-0.3, -0.25) is 0 Å². The van der Waals surface area contributed by atoms with E-state index in [0.717, 1.165) is 17.9 Å². The number of ether oxygens (including phenoxy) is 1. The van der Waals surface area contributed by atoms with E-state index >= 15 is 0 Å². The molecule has 1 unspecified atom stereocenters. The van der Waals surface area contributed by atoms with E-state index in [4.69, 9.17) is 4.74 Å². The number of halogens is 1. The first kappa shape index (κ1) is 19.8. The Morgan fingerprint density at radius 2 is 1.89 bits per heavy atom. The number of aryl methyl sites for hydroxylation is 1. The first-order valence-electron chi connectivity index (χ1n) is 9.15. The van der Waals surface area contributed by atoms with Gasteiger partial charge in [-0.05, 0) is 32.0 Å². The van der Waals surface area contributed by atoms with Gasteiger partial charge in [-0.1, -0.05) is 30.3 Å². The molecule has 2 atom stereocenters. The van der Waals surface area contributed by atoms with Gasteiger partial charge >= 0.3 is 0 Å². The van der Waals surface area contributed by atoms with E-state index in [9.17, 15) is 9.50 Å². The van der Waals surface area contributed by atoms with Gasteiger partial charge in [0.05, 0.1) is 19.9 Å². The zero-order chi connectivity index (χ0) is 20.3. The molecule has 3 rings (SSSR count). The van der Waals surface area contributed by atoms with E-state index in [2.05, 4.69) is 36.1 Å². The van der Waals surface area contributed by atoms with Crippen molar-refractivity contribution in [3.05, 3.63) is 71.2 Å². The Morgan fingerprint density at radius 1 is 1.14 bits per heavy atom. The Bertz CT molecular complexity index is 954. The molecule has 0 saturated carbocycles. The molecule has 5 nitrogen and oxygen atoms in total. The van der Waals surface area contributed by atoms with Gasteiger partial charge in [0.1, 0.15) is 18.3 Å². The smallest absolute Gasteiger partial charge is 0.158 e. The average molecular weight is 381 g/mol. The summed E-state index contributed by atoms with van der Waals surface area (Å²) in [6, 6.07) is 16.0. The van der Waals surface area contributed by atoms with Crippen LogP contribution < -0.4 is 14.7 Å². The summed E-state index contributed by atoms with van der Waals surface area (Å²) in [6.07, 6.45) is 0. The van der Waals surface area contributed by atoms with Gasteiger partial charge in [0, 0.05) is 22.6 Å². The molecule has 0 saturated heterocycles. The number of rotatable bonds is 6. The van der Waals surface area contributed by atoms with E-state index in [1.807, 2.05) is 36.4 Å². The number of hydrogen-bond acceptors (Lipinski definition) is 4. The molecule has 28 heavy (non-hydrogen) atoms. The molecule has 1 N–H and O–H groups in total. The van der Waals surface area contributed by atoms with Gasteiger partial charge in [-0.2, -0.15) is 0 Å². The lowest BCUT2D eigenvalue weighted by Crippen LogP contribution is -3.07. The van der Waals surface area contributed by atoms with Crippen molar-refractivity contribution in [1.29, 1.82) is 0 Å². The summed E-state index contributed by atoms with van der Waals surface area (Å²) in [5.74, 6) is -0.667. The van der Waals surface area contributed by atoms with Crippen molar-refractivity contribution in [2.75, 3.05) is 14.2 Å². The maximum Gasteiger partial charge on any atom is 0.158 e. The van der Waals surface area contributed by atoms with E-state index in [1.54, 1.807) is 7.11 Å². The van der Waals surface area contributed by atoms with Crippen LogP contribution in [-0.4, -0.2) is 24.1 Å². The first-order valence-corrected chi connectivity index (χ1v) is 9.15. The molecule has 3 aromatic rings. The molecule has 1 heterocycles. The zero-order valence-electron chi connectivity index (χ0n) is 16.5. The Morgan fingerprint density at radius 3 is 2.61 bits per heavy atom. The van der Waals surface area contributed by atoms with Crippen molar-refractivity contribution < 1.29 is 19.1 Å². The molecule has 0 fully saturated rings. The highest BCUT2D eigenvalue weighted by Gasteiger charge is 2.17. The third kappa shape index (κ3) is 4.28. The molecule has 146 valence electrons. The van der Waals surface area contributed by atoms with Crippen molar-refractivity contribution in [2.45, 2.75) is 26.4 Å². The minimum atomic E-state index is -0.892. The molecule has 6 heteroatoms. The third-order valence-electron chi connectivity index (χ3n) is 4.99. The minimum absolute atomic E-state index is 0.0646. The summed E-state index contributed by atoms with van der Waals surface area (Å²) in [5.41, 5.74) is 3.05. The van der Waals surface area contributed by atoms with Crippen LogP contribution >= 0.6 is 0 Å². The topological polar surface area (TPSA) is 62.5 Å². The summed E-state index contributed by atoms with van der Waals surface area (Å²) in [5, 5.41) is 11.7. The maximum absolute atomic E-state index is 13.5. The Kier molecular flexibility index (Phi) is 5.90. The molecule has 0 spiro atoms. The van der Waals surface area contributed by atoms with Crippen LogP contribution in [0.25, 0.3) is 11.4 Å². The van der Waals surface area contributed by atoms with Crippen LogP contribution in [0.3, 0.4) is 0 Å². The summed E-state index contributed by atoms with van der Waals surface area (Å²) >= 11 is 0. The van der Waals surface area contributed by atoms with E-state index < -0.39 is 11.7 Å². The Hall–Kier alpha value is -2.99. The monoisotopic (exact) mass is 381 g/mol. The summed E-state index contributed by atoms with van der Waals surface area (Å²) < 4.78 is 18.9. The number of benzene rings is 2. The Balaban J connectivity index is 1.80. The number of aromatic nitrogens is 2. The summed E-state index contributed by atoms with van der Waals surface area (Å²) in [4.78, 5) is 9.18. The fourth-order valence-electron chi connectivity index (χ4n) is 3.15. The highest BCUT2D eigenvalue weighted by atomic mass is 19.1. The lowest BCUT2D eigenvalue weighted by Gasteiger charge is -2.22. The van der Waals surface area contributed by atoms with Gasteiger partial charge < -0.3 is 14.7 Å². The third-order valence-corrected chi connectivity index (χ3v) is 4.99. The second-order valence-electron chi connectivity index (χ2n) is 6.97. The van der Waals surface area contributed by atoms with E-state index in [0.29, 0.717) is 5.56 Å². The molecule has 1 aromatic heterocycles. The van der Waals surface area contributed by atoms with Crippen molar-refractivity contribution >= 4 is 0 Å². The van der Waals surface area contributed by atoms with Crippen molar-refractivity contribution in [3.8, 4) is 23.0 Å². The van der Waals surface area contributed by atoms with Crippen LogP contribution in [0.4, 0.5) is 4.39 Å². The van der Waals surface area contributed by atoms with Crippen LogP contribution in [0.15, 0.2) is 48.5 Å². The van der Waals surface area contributed by atoms with Gasteiger partial charge in [-0.25, -0.2) is 14.4 Å². The van der Waals surface area contributed by atoms with Crippen LogP contribution in [0.5, 0.6) is 11.6 Å². The molecule has 0 radical (unpaired) electrons. The van der Waals surface area contributed by atoms with E-state index in [1.165, 1.54) is 17.4 Å². The normalized spacial score (nSPS) is 13.2. The van der Waals surface area contributed by atoms with Crippen molar-refractivity contribution in [3.63, 3.8) is 0 Å². The van der Waals surface area contributed by atoms with E-state index in [-0.39, 0.29) is 17.6 Å². The van der Waals surface area contributed by atoms with Crippen LogP contribution in [0.2, 0.25) is 0 Å². The Labute approximate surface area is 164 Å². The molecule has 0 aliphatic carbocycles. The molecule has 0 aliphatic rings. The van der Waals surface area contributed by atoms with Crippen molar-refractivity contribution in [2.24, 2.45) is 0 Å². The number of quaternary nitrogens is 1. The SMILES string of the molecule is COc1cccc([C@H](C)[NH+](C)Cc2cccc(-c3nc(C)c(F)c([O-])n3)c2)c1. The predicted molar refractivity (Wildman–Crippen MR) is 104 cm³/mol. The molecule has 0 bridgehead atoms. The quantitative estimate of drug-likeness (QED) is 0.713. The molecular weight excluding hydrogens is 357 g/mol. The largest absolute Gasteiger partial charge is 0.856 e. The van der Waals surface area contributed by atoms with Gasteiger partial charge in [-0.15, -0.1) is 0 Å². The minimum Gasteiger partial charge on any atom is -0.856 e. The molecular formula is C22H24FN3O2. The lowest BCUT2D eigenvalue weighted by atomic mass is 10.1. The number of nitrogens with one attached hydrogen (secondary N) is 1. The second-order valence-corrected chi connectivity index (χ2v) is 6.97. The van der Waals surface area contributed by atoms with Gasteiger partial charge in [0.25, 0.3) is 0 Å². The lowest BCUT2D eigenvalue weighted by molar-refractivity contribution is -0.924. The molecule has 0 amide bonds. The zero-order valence-corrected chi connectivity index (χ0v) is 16.5. The first-order chi connectivity index (χ1) is 13.4.